The SMILES string of the molecule is ON=CC(=NO)c1ccnc(-c2ccccn2)n1. The minimum atomic E-state index is 0.0251. The molecular weight excluding hydrogens is 234 g/mol. The van der Waals surface area contributed by atoms with Crippen LogP contribution >= 0.6 is 0 Å². The lowest BCUT2D eigenvalue weighted by Crippen LogP contribution is -2.07. The van der Waals surface area contributed by atoms with Gasteiger partial charge in [-0.15, -0.1) is 0 Å². The molecule has 0 unspecified atom stereocenters. The van der Waals surface area contributed by atoms with Crippen LogP contribution in [0.2, 0.25) is 0 Å². The summed E-state index contributed by atoms with van der Waals surface area (Å²) in [6.45, 7) is 0. The summed E-state index contributed by atoms with van der Waals surface area (Å²) in [6, 6.07) is 6.89. The smallest absolute Gasteiger partial charge is 0.178 e. The van der Waals surface area contributed by atoms with Gasteiger partial charge in [-0.05, 0) is 18.2 Å². The van der Waals surface area contributed by atoms with Crippen LogP contribution in [0.4, 0.5) is 0 Å². The molecule has 0 aromatic carbocycles. The van der Waals surface area contributed by atoms with E-state index in [9.17, 15) is 0 Å². The second-order valence-electron chi connectivity index (χ2n) is 3.21. The maximum atomic E-state index is 8.78. The minimum absolute atomic E-state index is 0.0251. The molecule has 0 atom stereocenters. The second kappa shape index (κ2) is 5.48. The molecule has 7 nitrogen and oxygen atoms in total. The molecule has 90 valence electrons. The van der Waals surface area contributed by atoms with Gasteiger partial charge in [-0.25, -0.2) is 9.97 Å². The van der Waals surface area contributed by atoms with E-state index in [0.717, 1.165) is 6.21 Å². The lowest BCUT2D eigenvalue weighted by atomic mass is 10.2. The molecule has 18 heavy (non-hydrogen) atoms. The monoisotopic (exact) mass is 243 g/mol. The van der Waals surface area contributed by atoms with Crippen LogP contribution in [-0.2, 0) is 0 Å². The third-order valence-electron chi connectivity index (χ3n) is 2.10. The van der Waals surface area contributed by atoms with E-state index in [0.29, 0.717) is 17.2 Å². The Morgan fingerprint density at radius 2 is 2.00 bits per heavy atom. The van der Waals surface area contributed by atoms with Crippen molar-refractivity contribution in [3.05, 3.63) is 42.4 Å². The van der Waals surface area contributed by atoms with Crippen molar-refractivity contribution in [3.8, 4) is 11.5 Å². The highest BCUT2D eigenvalue weighted by molar-refractivity contribution is 6.37. The van der Waals surface area contributed by atoms with Crippen LogP contribution < -0.4 is 0 Å². The van der Waals surface area contributed by atoms with Crippen LogP contribution in [0.3, 0.4) is 0 Å². The highest BCUT2D eigenvalue weighted by Crippen LogP contribution is 2.10. The standard InChI is InChI=1S/C11H9N5O2/c17-14-7-10(16-18)8-4-6-13-11(15-8)9-3-1-2-5-12-9/h1-7,17-18H. The third kappa shape index (κ3) is 2.46. The van der Waals surface area contributed by atoms with E-state index in [-0.39, 0.29) is 5.71 Å². The number of pyridine rings is 1. The Morgan fingerprint density at radius 3 is 2.67 bits per heavy atom. The molecule has 0 aliphatic rings. The molecule has 0 amide bonds. The van der Waals surface area contributed by atoms with E-state index in [1.807, 2.05) is 6.07 Å². The van der Waals surface area contributed by atoms with Gasteiger partial charge in [0.25, 0.3) is 0 Å². The molecule has 2 aromatic heterocycles. The van der Waals surface area contributed by atoms with Crippen LogP contribution in [0.5, 0.6) is 0 Å². The normalized spacial score (nSPS) is 11.9. The summed E-state index contributed by atoms with van der Waals surface area (Å²) in [5.74, 6) is 0.389. The van der Waals surface area contributed by atoms with Gasteiger partial charge in [0.2, 0.25) is 0 Å². The van der Waals surface area contributed by atoms with Gasteiger partial charge in [0, 0.05) is 12.4 Å². The van der Waals surface area contributed by atoms with Crippen LogP contribution in [0, 0.1) is 0 Å². The number of aromatic nitrogens is 3. The summed E-state index contributed by atoms with van der Waals surface area (Å²) in [5.41, 5.74) is 0.945. The molecular formula is C11H9N5O2. The molecule has 0 saturated heterocycles. The number of nitrogens with zero attached hydrogens (tertiary/aromatic N) is 5. The fourth-order valence-corrected chi connectivity index (χ4v) is 1.32. The van der Waals surface area contributed by atoms with Crippen molar-refractivity contribution >= 4 is 11.9 Å². The maximum Gasteiger partial charge on any atom is 0.178 e. The second-order valence-corrected chi connectivity index (χ2v) is 3.21. The quantitative estimate of drug-likeness (QED) is 0.478. The zero-order chi connectivity index (χ0) is 12.8. The molecule has 7 heteroatoms. The fraction of sp³-hybridized carbons (Fsp3) is 0. The number of hydrogen-bond donors (Lipinski definition) is 2. The van der Waals surface area contributed by atoms with Crippen molar-refractivity contribution < 1.29 is 10.4 Å². The lowest BCUT2D eigenvalue weighted by Gasteiger charge is -2.01. The Morgan fingerprint density at radius 1 is 1.11 bits per heavy atom. The average molecular weight is 243 g/mol. The van der Waals surface area contributed by atoms with Crippen molar-refractivity contribution in [2.24, 2.45) is 10.3 Å². The zero-order valence-corrected chi connectivity index (χ0v) is 9.17. The molecule has 0 radical (unpaired) electrons. The van der Waals surface area contributed by atoms with E-state index in [1.54, 1.807) is 18.3 Å². The van der Waals surface area contributed by atoms with E-state index < -0.39 is 0 Å². The highest BCUT2D eigenvalue weighted by atomic mass is 16.4. The summed E-state index contributed by atoms with van der Waals surface area (Å²) < 4.78 is 0. The van der Waals surface area contributed by atoms with E-state index in [2.05, 4.69) is 25.3 Å². The molecule has 2 rings (SSSR count). The summed E-state index contributed by atoms with van der Waals surface area (Å²) >= 11 is 0. The zero-order valence-electron chi connectivity index (χ0n) is 9.17. The predicted molar refractivity (Wildman–Crippen MR) is 63.9 cm³/mol. The maximum absolute atomic E-state index is 8.78. The fourth-order valence-electron chi connectivity index (χ4n) is 1.32. The first-order chi connectivity index (χ1) is 8.85. The van der Waals surface area contributed by atoms with Gasteiger partial charge in [0.05, 0.1) is 11.9 Å². The molecule has 0 aliphatic carbocycles. The Hall–Kier alpha value is -2.83. The summed E-state index contributed by atoms with van der Waals surface area (Å²) in [5, 5.41) is 23.0. The van der Waals surface area contributed by atoms with E-state index in [1.165, 1.54) is 12.3 Å². The van der Waals surface area contributed by atoms with Gasteiger partial charge in [-0.1, -0.05) is 16.4 Å². The van der Waals surface area contributed by atoms with E-state index in [4.69, 9.17) is 10.4 Å². The van der Waals surface area contributed by atoms with Crippen LogP contribution in [-0.4, -0.2) is 37.3 Å². The summed E-state index contributed by atoms with van der Waals surface area (Å²) in [6.07, 6.45) is 4.11. The van der Waals surface area contributed by atoms with Crippen molar-refractivity contribution in [1.82, 2.24) is 15.0 Å². The number of oxime groups is 2. The minimum Gasteiger partial charge on any atom is -0.411 e. The molecule has 2 N–H and O–H groups in total. The Balaban J connectivity index is 2.43. The average Bonchev–Trinajstić information content (AvgIpc) is 2.46. The van der Waals surface area contributed by atoms with Gasteiger partial charge in [0.1, 0.15) is 11.4 Å². The predicted octanol–water partition coefficient (Wildman–Crippen LogP) is 1.18. The Labute approximate surface area is 102 Å². The third-order valence-corrected chi connectivity index (χ3v) is 2.10. The molecule has 0 bridgehead atoms. The number of rotatable bonds is 3. The molecule has 2 heterocycles. The lowest BCUT2D eigenvalue weighted by molar-refractivity contribution is 0.316. The van der Waals surface area contributed by atoms with Gasteiger partial charge < -0.3 is 10.4 Å². The molecule has 2 aromatic rings. The largest absolute Gasteiger partial charge is 0.411 e. The van der Waals surface area contributed by atoms with Crippen LogP contribution in [0.15, 0.2) is 47.0 Å². The van der Waals surface area contributed by atoms with Crippen molar-refractivity contribution in [2.75, 3.05) is 0 Å². The molecule has 0 spiro atoms. The number of hydrogen-bond acceptors (Lipinski definition) is 7. The van der Waals surface area contributed by atoms with Crippen molar-refractivity contribution in [2.45, 2.75) is 0 Å². The first-order valence-corrected chi connectivity index (χ1v) is 4.99. The molecule has 0 aliphatic heterocycles. The Bertz CT molecular complexity index is 583. The summed E-state index contributed by atoms with van der Waals surface area (Å²) in [7, 11) is 0. The summed E-state index contributed by atoms with van der Waals surface area (Å²) in [4.78, 5) is 12.3. The van der Waals surface area contributed by atoms with Gasteiger partial charge >= 0.3 is 0 Å². The highest BCUT2D eigenvalue weighted by Gasteiger charge is 2.07. The Kier molecular flexibility index (Phi) is 3.55. The van der Waals surface area contributed by atoms with Crippen molar-refractivity contribution in [1.29, 1.82) is 0 Å². The van der Waals surface area contributed by atoms with E-state index >= 15 is 0 Å². The van der Waals surface area contributed by atoms with Crippen LogP contribution in [0.25, 0.3) is 11.5 Å². The molecule has 0 fully saturated rings. The van der Waals surface area contributed by atoms with Gasteiger partial charge in [0.15, 0.2) is 5.82 Å². The first-order valence-electron chi connectivity index (χ1n) is 4.99. The van der Waals surface area contributed by atoms with Gasteiger partial charge in [-0.2, -0.15) is 0 Å². The van der Waals surface area contributed by atoms with Crippen LogP contribution in [0.1, 0.15) is 5.69 Å². The first kappa shape index (κ1) is 11.6. The van der Waals surface area contributed by atoms with Gasteiger partial charge in [-0.3, -0.25) is 4.98 Å². The van der Waals surface area contributed by atoms with Crippen molar-refractivity contribution in [3.63, 3.8) is 0 Å². The topological polar surface area (TPSA) is 104 Å². The molecule has 0 saturated carbocycles.